The molecule has 0 saturated carbocycles. The number of aromatic nitrogens is 1. The van der Waals surface area contributed by atoms with Crippen molar-refractivity contribution < 1.29 is 22.0 Å². The minimum absolute atomic E-state index is 0.0394. The third-order valence-electron chi connectivity index (χ3n) is 4.37. The van der Waals surface area contributed by atoms with E-state index in [1.807, 2.05) is 18.3 Å². The van der Waals surface area contributed by atoms with Gasteiger partial charge < -0.3 is 10.3 Å². The Hall–Kier alpha value is -2.41. The van der Waals surface area contributed by atoms with Crippen molar-refractivity contribution in [2.75, 3.05) is 6.93 Å². The zero-order chi connectivity index (χ0) is 21.8. The summed E-state index contributed by atoms with van der Waals surface area (Å²) in [7, 11) is 0. The lowest BCUT2D eigenvalue weighted by Crippen LogP contribution is -2.14. The van der Waals surface area contributed by atoms with Crippen molar-refractivity contribution in [3.05, 3.63) is 59.8 Å². The molecule has 0 atom stereocenters. The van der Waals surface area contributed by atoms with Crippen molar-refractivity contribution in [1.82, 2.24) is 4.57 Å². The van der Waals surface area contributed by atoms with Crippen molar-refractivity contribution in [2.24, 2.45) is 11.1 Å². The SMILES string of the molecule is CC(C)(C)Cn1cc(CN)c2ccc(-c3ccccc3C(F)(F)F)cc21.FCF. The quantitative estimate of drug-likeness (QED) is 0.476. The van der Waals surface area contributed by atoms with Gasteiger partial charge in [0, 0.05) is 30.2 Å². The number of nitrogens with two attached hydrogens (primary N) is 1. The summed E-state index contributed by atoms with van der Waals surface area (Å²) < 4.78 is 61.5. The topological polar surface area (TPSA) is 30.9 Å². The van der Waals surface area contributed by atoms with E-state index in [0.29, 0.717) is 12.1 Å². The molecule has 7 heteroatoms. The van der Waals surface area contributed by atoms with Crippen molar-refractivity contribution in [3.8, 4) is 11.1 Å². The van der Waals surface area contributed by atoms with Gasteiger partial charge in [0.05, 0.1) is 5.56 Å². The summed E-state index contributed by atoms with van der Waals surface area (Å²) >= 11 is 0. The number of halogens is 5. The molecule has 0 fully saturated rings. The maximum Gasteiger partial charge on any atom is 0.417 e. The predicted molar refractivity (Wildman–Crippen MR) is 107 cm³/mol. The van der Waals surface area contributed by atoms with Crippen LogP contribution in [0.2, 0.25) is 0 Å². The molecule has 0 saturated heterocycles. The molecule has 0 spiro atoms. The minimum Gasteiger partial charge on any atom is -0.347 e. The molecule has 2 N–H and O–H groups in total. The van der Waals surface area contributed by atoms with Gasteiger partial charge in [-0.1, -0.05) is 51.1 Å². The number of rotatable bonds is 3. The molecule has 1 heterocycles. The number of nitrogens with zero attached hydrogens (tertiary/aromatic N) is 1. The summed E-state index contributed by atoms with van der Waals surface area (Å²) in [6.07, 6.45) is -2.38. The maximum atomic E-state index is 13.4. The molecular weight excluding hydrogens is 387 g/mol. The molecule has 0 radical (unpaired) electrons. The number of hydrogen-bond acceptors (Lipinski definition) is 1. The summed E-state index contributed by atoms with van der Waals surface area (Å²) in [4.78, 5) is 0. The lowest BCUT2D eigenvalue weighted by atomic mass is 9.96. The standard InChI is InChI=1S/C21H23F3N2.CH2F2/c1-20(2,3)13-26-12-15(11-25)17-9-8-14(10-19(17)26)16-6-4-5-7-18(16)21(22,23)24;2-1-3/h4-10,12H,11,13,25H2,1-3H3;1H2. The Kier molecular flexibility index (Phi) is 7.06. The Morgan fingerprint density at radius 2 is 1.59 bits per heavy atom. The molecule has 158 valence electrons. The number of hydrogen-bond donors (Lipinski definition) is 1. The van der Waals surface area contributed by atoms with Gasteiger partial charge in [-0.2, -0.15) is 13.2 Å². The molecule has 29 heavy (non-hydrogen) atoms. The van der Waals surface area contributed by atoms with Gasteiger partial charge in [-0.05, 0) is 34.2 Å². The molecule has 0 amide bonds. The normalized spacial score (nSPS) is 12.0. The van der Waals surface area contributed by atoms with Crippen LogP contribution in [0, 0.1) is 5.41 Å². The summed E-state index contributed by atoms with van der Waals surface area (Å²) in [5.74, 6) is 0. The van der Waals surface area contributed by atoms with Gasteiger partial charge in [-0.15, -0.1) is 0 Å². The van der Waals surface area contributed by atoms with Crippen LogP contribution < -0.4 is 5.73 Å². The minimum atomic E-state index is -4.39. The van der Waals surface area contributed by atoms with Gasteiger partial charge in [0.25, 0.3) is 0 Å². The van der Waals surface area contributed by atoms with Gasteiger partial charge in [0.2, 0.25) is 6.93 Å². The molecule has 0 aliphatic heterocycles. The third-order valence-corrected chi connectivity index (χ3v) is 4.37. The summed E-state index contributed by atoms with van der Waals surface area (Å²) in [5.41, 5.74) is 7.95. The van der Waals surface area contributed by atoms with E-state index in [4.69, 9.17) is 5.73 Å². The number of alkyl halides is 5. The highest BCUT2D eigenvalue weighted by Gasteiger charge is 2.33. The fourth-order valence-electron chi connectivity index (χ4n) is 3.32. The van der Waals surface area contributed by atoms with Crippen molar-refractivity contribution in [2.45, 2.75) is 40.0 Å². The number of fused-ring (bicyclic) bond motifs is 1. The number of benzene rings is 2. The Balaban J connectivity index is 0.000000941. The lowest BCUT2D eigenvalue weighted by molar-refractivity contribution is -0.137. The molecule has 2 nitrogen and oxygen atoms in total. The van der Waals surface area contributed by atoms with Crippen LogP contribution in [0.3, 0.4) is 0 Å². The van der Waals surface area contributed by atoms with E-state index < -0.39 is 18.7 Å². The Morgan fingerprint density at radius 3 is 2.14 bits per heavy atom. The van der Waals surface area contributed by atoms with Crippen LogP contribution in [-0.4, -0.2) is 11.5 Å². The molecule has 3 aromatic rings. The molecule has 0 bridgehead atoms. The molecule has 0 aliphatic carbocycles. The van der Waals surface area contributed by atoms with E-state index in [2.05, 4.69) is 25.3 Å². The second-order valence-electron chi connectivity index (χ2n) is 7.92. The fourth-order valence-corrected chi connectivity index (χ4v) is 3.32. The van der Waals surface area contributed by atoms with Crippen LogP contribution in [0.25, 0.3) is 22.0 Å². The maximum absolute atomic E-state index is 13.4. The highest BCUT2D eigenvalue weighted by Crippen LogP contribution is 2.38. The molecule has 0 aliphatic rings. The zero-order valence-corrected chi connectivity index (χ0v) is 16.7. The first-order valence-electron chi connectivity index (χ1n) is 9.12. The van der Waals surface area contributed by atoms with Crippen molar-refractivity contribution in [1.29, 1.82) is 0 Å². The largest absolute Gasteiger partial charge is 0.417 e. The van der Waals surface area contributed by atoms with E-state index in [-0.39, 0.29) is 11.0 Å². The monoisotopic (exact) mass is 412 g/mol. The smallest absolute Gasteiger partial charge is 0.347 e. The van der Waals surface area contributed by atoms with Gasteiger partial charge in [-0.3, -0.25) is 0 Å². The average molecular weight is 412 g/mol. The van der Waals surface area contributed by atoms with Crippen LogP contribution in [0.15, 0.2) is 48.7 Å². The average Bonchev–Trinajstić information content (AvgIpc) is 2.97. The lowest BCUT2D eigenvalue weighted by Gasteiger charge is -2.20. The van der Waals surface area contributed by atoms with Gasteiger partial charge in [-0.25, -0.2) is 8.78 Å². The van der Waals surface area contributed by atoms with E-state index in [9.17, 15) is 22.0 Å². The van der Waals surface area contributed by atoms with E-state index in [0.717, 1.165) is 29.1 Å². The van der Waals surface area contributed by atoms with E-state index >= 15 is 0 Å². The summed E-state index contributed by atoms with van der Waals surface area (Å²) in [5, 5.41) is 0.991. The van der Waals surface area contributed by atoms with Crippen LogP contribution in [0.5, 0.6) is 0 Å². The Bertz CT molecular complexity index is 952. The zero-order valence-electron chi connectivity index (χ0n) is 16.7. The first kappa shape index (κ1) is 22.9. The van der Waals surface area contributed by atoms with Gasteiger partial charge in [0.1, 0.15) is 0 Å². The first-order valence-corrected chi connectivity index (χ1v) is 9.12. The molecule has 0 unspecified atom stereocenters. The Morgan fingerprint density at radius 1 is 0.966 bits per heavy atom. The van der Waals surface area contributed by atoms with E-state index in [1.54, 1.807) is 12.1 Å². The summed E-state index contributed by atoms with van der Waals surface area (Å²) in [6.45, 7) is 5.79. The van der Waals surface area contributed by atoms with Crippen molar-refractivity contribution >= 4 is 10.9 Å². The second-order valence-corrected chi connectivity index (χ2v) is 7.92. The van der Waals surface area contributed by atoms with Crippen LogP contribution in [0.4, 0.5) is 22.0 Å². The van der Waals surface area contributed by atoms with Crippen LogP contribution >= 0.6 is 0 Å². The van der Waals surface area contributed by atoms with Gasteiger partial charge in [0.15, 0.2) is 0 Å². The summed E-state index contributed by atoms with van der Waals surface area (Å²) in [6, 6.07) is 11.1. The molecule has 2 aromatic carbocycles. The molecule has 3 rings (SSSR count). The Labute approximate surface area is 167 Å². The molecular formula is C22H25F5N2. The highest BCUT2D eigenvalue weighted by molar-refractivity contribution is 5.89. The second kappa shape index (κ2) is 8.95. The molecule has 1 aromatic heterocycles. The predicted octanol–water partition coefficient (Wildman–Crippen LogP) is 6.71. The fraction of sp³-hybridized carbons (Fsp3) is 0.364. The van der Waals surface area contributed by atoms with E-state index in [1.165, 1.54) is 12.1 Å². The van der Waals surface area contributed by atoms with Gasteiger partial charge >= 0.3 is 6.18 Å². The van der Waals surface area contributed by atoms with Crippen molar-refractivity contribution in [3.63, 3.8) is 0 Å². The highest BCUT2D eigenvalue weighted by atomic mass is 19.4. The van der Waals surface area contributed by atoms with Crippen LogP contribution in [0.1, 0.15) is 31.9 Å². The first-order chi connectivity index (χ1) is 13.5. The van der Waals surface area contributed by atoms with Crippen LogP contribution in [-0.2, 0) is 19.3 Å². The third kappa shape index (κ3) is 5.56.